The Morgan fingerprint density at radius 2 is 1.97 bits per heavy atom. The molecule has 0 radical (unpaired) electrons. The Kier molecular flexibility index (Phi) is 4.80. The lowest BCUT2D eigenvalue weighted by Gasteiger charge is -2.36. The molecular formula is C21H20F2N8O2. The molecule has 33 heavy (non-hydrogen) atoms. The number of anilines is 1. The molecule has 1 aromatic carbocycles. The van der Waals surface area contributed by atoms with Crippen LogP contribution in [0.4, 0.5) is 14.7 Å². The first-order valence-corrected chi connectivity index (χ1v) is 10.4. The number of nitrogens with one attached hydrogen (secondary N) is 1. The molecule has 0 bridgehead atoms. The number of hydrogen-bond acceptors (Lipinski definition) is 7. The molecule has 1 aliphatic heterocycles. The first-order valence-electron chi connectivity index (χ1n) is 10.4. The lowest BCUT2D eigenvalue weighted by Crippen LogP contribution is -2.45. The van der Waals surface area contributed by atoms with Crippen LogP contribution in [-0.2, 0) is 0 Å². The van der Waals surface area contributed by atoms with Gasteiger partial charge in [-0.1, -0.05) is 0 Å². The van der Waals surface area contributed by atoms with Crippen molar-refractivity contribution in [1.82, 2.24) is 34.4 Å². The molecule has 3 N–H and O–H groups in total. The minimum Gasteiger partial charge on any atom is -0.368 e. The van der Waals surface area contributed by atoms with Crippen molar-refractivity contribution >= 4 is 28.4 Å². The average Bonchev–Trinajstić information content (AvgIpc) is 3.20. The third-order valence-electron chi connectivity index (χ3n) is 5.92. The van der Waals surface area contributed by atoms with E-state index in [0.29, 0.717) is 31.0 Å². The molecule has 0 saturated carbocycles. The van der Waals surface area contributed by atoms with Crippen molar-refractivity contribution in [1.29, 1.82) is 0 Å². The van der Waals surface area contributed by atoms with Gasteiger partial charge in [0.05, 0.1) is 5.39 Å². The number of amides is 1. The molecule has 2 atom stereocenters. The highest BCUT2D eigenvalue weighted by molar-refractivity contribution is 5.93. The van der Waals surface area contributed by atoms with Gasteiger partial charge in [0, 0.05) is 30.6 Å². The first kappa shape index (κ1) is 20.9. The quantitative estimate of drug-likeness (QED) is 0.472. The largest absolute Gasteiger partial charge is 0.368 e. The molecule has 5 rings (SSSR count). The maximum absolute atomic E-state index is 14.2. The SMILES string of the molecule is Cc1nc(C(=O)N2C[C@H](c3nc4c5cc(F)cc(F)c5nc(N)n4n3)CC[C@@H]2C)cc(=O)[nH]1. The molecule has 0 spiro atoms. The van der Waals surface area contributed by atoms with E-state index >= 15 is 0 Å². The van der Waals surface area contributed by atoms with Gasteiger partial charge in [-0.05, 0) is 32.8 Å². The van der Waals surface area contributed by atoms with Crippen LogP contribution in [-0.4, -0.2) is 52.9 Å². The summed E-state index contributed by atoms with van der Waals surface area (Å²) < 4.78 is 29.3. The first-order chi connectivity index (χ1) is 15.7. The Bertz CT molecular complexity index is 1480. The third-order valence-corrected chi connectivity index (χ3v) is 5.92. The monoisotopic (exact) mass is 454 g/mol. The highest BCUT2D eigenvalue weighted by atomic mass is 19.1. The molecule has 4 aromatic rings. The van der Waals surface area contributed by atoms with Gasteiger partial charge in [-0.2, -0.15) is 4.52 Å². The molecule has 1 amide bonds. The van der Waals surface area contributed by atoms with E-state index in [0.717, 1.165) is 12.1 Å². The number of aryl methyl sites for hydroxylation is 1. The van der Waals surface area contributed by atoms with Gasteiger partial charge in [0.25, 0.3) is 11.5 Å². The van der Waals surface area contributed by atoms with Crippen LogP contribution in [0.1, 0.15) is 47.8 Å². The summed E-state index contributed by atoms with van der Waals surface area (Å²) in [5.41, 5.74) is 5.72. The Hall–Kier alpha value is -3.96. The van der Waals surface area contributed by atoms with Crippen LogP contribution in [0.25, 0.3) is 16.6 Å². The maximum atomic E-state index is 14.2. The van der Waals surface area contributed by atoms with E-state index in [4.69, 9.17) is 5.73 Å². The second-order valence-electron chi connectivity index (χ2n) is 8.26. The minimum atomic E-state index is -0.840. The molecule has 0 aliphatic carbocycles. The number of carbonyl (C=O) groups is 1. The average molecular weight is 454 g/mol. The van der Waals surface area contributed by atoms with Crippen molar-refractivity contribution in [3.8, 4) is 0 Å². The number of rotatable bonds is 2. The number of nitrogens with two attached hydrogens (primary N) is 1. The fourth-order valence-corrected chi connectivity index (χ4v) is 4.28. The number of piperidine rings is 1. The lowest BCUT2D eigenvalue weighted by molar-refractivity contribution is 0.0599. The molecule has 170 valence electrons. The predicted octanol–water partition coefficient (Wildman–Crippen LogP) is 1.94. The highest BCUT2D eigenvalue weighted by Crippen LogP contribution is 2.31. The van der Waals surface area contributed by atoms with E-state index in [1.54, 1.807) is 11.8 Å². The summed E-state index contributed by atoms with van der Waals surface area (Å²) >= 11 is 0. The van der Waals surface area contributed by atoms with Crippen molar-refractivity contribution in [3.63, 3.8) is 0 Å². The lowest BCUT2D eigenvalue weighted by atomic mass is 9.92. The van der Waals surface area contributed by atoms with Crippen LogP contribution >= 0.6 is 0 Å². The fourth-order valence-electron chi connectivity index (χ4n) is 4.28. The normalized spacial score (nSPS) is 18.8. The van der Waals surface area contributed by atoms with Crippen molar-refractivity contribution in [2.75, 3.05) is 12.3 Å². The van der Waals surface area contributed by atoms with Crippen LogP contribution in [0.15, 0.2) is 23.0 Å². The summed E-state index contributed by atoms with van der Waals surface area (Å²) in [6, 6.07) is 2.97. The van der Waals surface area contributed by atoms with Crippen molar-refractivity contribution < 1.29 is 13.6 Å². The third kappa shape index (κ3) is 3.56. The number of nitrogens with zero attached hydrogens (tertiary/aromatic N) is 6. The molecule has 12 heteroatoms. The Labute approximate surface area is 185 Å². The number of halogens is 2. The highest BCUT2D eigenvalue weighted by Gasteiger charge is 2.33. The number of aromatic nitrogens is 6. The number of aromatic amines is 1. The molecule has 4 heterocycles. The molecule has 1 aliphatic rings. The van der Waals surface area contributed by atoms with Crippen LogP contribution in [0, 0.1) is 18.6 Å². The zero-order valence-electron chi connectivity index (χ0n) is 17.8. The van der Waals surface area contributed by atoms with Gasteiger partial charge in [0.15, 0.2) is 17.3 Å². The number of carbonyl (C=O) groups excluding carboxylic acids is 1. The number of hydrogen-bond donors (Lipinski definition) is 2. The van der Waals surface area contributed by atoms with E-state index < -0.39 is 17.2 Å². The van der Waals surface area contributed by atoms with Crippen molar-refractivity contribution in [2.45, 2.75) is 38.6 Å². The molecular weight excluding hydrogens is 434 g/mol. The Morgan fingerprint density at radius 1 is 1.18 bits per heavy atom. The molecule has 3 aromatic heterocycles. The minimum absolute atomic E-state index is 0.0668. The Morgan fingerprint density at radius 3 is 2.73 bits per heavy atom. The zero-order chi connectivity index (χ0) is 23.4. The molecule has 1 saturated heterocycles. The van der Waals surface area contributed by atoms with Gasteiger partial charge in [0.2, 0.25) is 5.95 Å². The zero-order valence-corrected chi connectivity index (χ0v) is 17.8. The number of likely N-dealkylation sites (tertiary alicyclic amines) is 1. The second-order valence-corrected chi connectivity index (χ2v) is 8.26. The topological polar surface area (TPSA) is 135 Å². The number of nitrogen functional groups attached to an aromatic ring is 1. The van der Waals surface area contributed by atoms with Gasteiger partial charge < -0.3 is 15.6 Å². The van der Waals surface area contributed by atoms with E-state index in [-0.39, 0.29) is 46.1 Å². The number of fused-ring (bicyclic) bond motifs is 3. The molecule has 10 nitrogen and oxygen atoms in total. The van der Waals surface area contributed by atoms with Crippen molar-refractivity contribution in [2.24, 2.45) is 0 Å². The maximum Gasteiger partial charge on any atom is 0.272 e. The molecule has 0 unspecified atom stereocenters. The van der Waals surface area contributed by atoms with Gasteiger partial charge in [0.1, 0.15) is 22.9 Å². The van der Waals surface area contributed by atoms with E-state index in [1.807, 2.05) is 6.92 Å². The van der Waals surface area contributed by atoms with Gasteiger partial charge in [-0.15, -0.1) is 5.10 Å². The van der Waals surface area contributed by atoms with Crippen LogP contribution in [0.5, 0.6) is 0 Å². The van der Waals surface area contributed by atoms with Crippen LogP contribution in [0.2, 0.25) is 0 Å². The summed E-state index contributed by atoms with van der Waals surface area (Å²) in [6.45, 7) is 3.82. The van der Waals surface area contributed by atoms with Gasteiger partial charge in [-0.25, -0.2) is 23.7 Å². The van der Waals surface area contributed by atoms with Gasteiger partial charge >= 0.3 is 0 Å². The summed E-state index contributed by atoms with van der Waals surface area (Å²) in [6.07, 6.45) is 1.36. The van der Waals surface area contributed by atoms with Crippen molar-refractivity contribution in [3.05, 3.63) is 57.5 Å². The number of benzene rings is 1. The fraction of sp³-hybridized carbons (Fsp3) is 0.333. The van der Waals surface area contributed by atoms with E-state index in [1.165, 1.54) is 10.6 Å². The smallest absolute Gasteiger partial charge is 0.272 e. The standard InChI is InChI=1S/C21H20F2N8O2/c1-9-3-4-11(8-30(9)20(33)15-7-16(32)26-10(2)25-15)18-28-19-13-5-12(22)6-14(23)17(13)27-21(24)31(19)29-18/h5-7,9,11H,3-4,8H2,1-2H3,(H2,24,27)(H,25,26,32)/t9-,11+/m0/s1. The van der Waals surface area contributed by atoms with E-state index in [2.05, 4.69) is 25.0 Å². The summed E-state index contributed by atoms with van der Waals surface area (Å²) in [7, 11) is 0. The summed E-state index contributed by atoms with van der Waals surface area (Å²) in [5, 5.41) is 4.58. The summed E-state index contributed by atoms with van der Waals surface area (Å²) in [4.78, 5) is 41.8. The van der Waals surface area contributed by atoms with Gasteiger partial charge in [-0.3, -0.25) is 9.59 Å². The Balaban J connectivity index is 1.53. The predicted molar refractivity (Wildman–Crippen MR) is 115 cm³/mol. The van der Waals surface area contributed by atoms with Crippen LogP contribution in [0.3, 0.4) is 0 Å². The summed E-state index contributed by atoms with van der Waals surface area (Å²) in [5.74, 6) is -1.55. The van der Waals surface area contributed by atoms with Crippen LogP contribution < -0.4 is 11.3 Å². The van der Waals surface area contributed by atoms with E-state index in [9.17, 15) is 18.4 Å². The number of H-pyrrole nitrogens is 1. The second kappa shape index (κ2) is 7.57. The molecule has 1 fully saturated rings.